The number of amides is 1. The van der Waals surface area contributed by atoms with Gasteiger partial charge in [-0.05, 0) is 44.5 Å². The van der Waals surface area contributed by atoms with Gasteiger partial charge in [0.25, 0.3) is 5.91 Å². The van der Waals surface area contributed by atoms with Crippen molar-refractivity contribution in [1.82, 2.24) is 0 Å². The van der Waals surface area contributed by atoms with Gasteiger partial charge in [0.2, 0.25) is 0 Å². The van der Waals surface area contributed by atoms with Gasteiger partial charge < -0.3 is 19.7 Å². The van der Waals surface area contributed by atoms with Crippen LogP contribution in [0.15, 0.2) is 42.5 Å². The molecule has 1 heterocycles. The van der Waals surface area contributed by atoms with Crippen LogP contribution in [0.4, 0.5) is 17.1 Å². The number of rotatable bonds is 7. The molecular formula is C21H23N3O6. The quantitative estimate of drug-likeness (QED) is 0.320. The topological polar surface area (TPSA) is 111 Å². The third-order valence-corrected chi connectivity index (χ3v) is 4.79. The lowest BCUT2D eigenvalue weighted by molar-refractivity contribution is -0.385. The van der Waals surface area contributed by atoms with E-state index in [1.165, 1.54) is 19.2 Å². The number of hydrogen-bond donors (Lipinski definition) is 1. The fourth-order valence-corrected chi connectivity index (χ4v) is 3.30. The fraction of sp³-hybridized carbons (Fsp3) is 0.333. The van der Waals surface area contributed by atoms with Crippen molar-refractivity contribution in [2.75, 3.05) is 30.5 Å². The van der Waals surface area contributed by atoms with E-state index in [0.29, 0.717) is 13.0 Å². The summed E-state index contributed by atoms with van der Waals surface area (Å²) in [4.78, 5) is 37.2. The number of nitro benzene ring substituents is 1. The molecule has 0 aromatic heterocycles. The minimum Gasteiger partial charge on any atom is -0.490 e. The number of nitrogens with zero attached hydrogens (tertiary/aromatic N) is 2. The highest BCUT2D eigenvalue weighted by Gasteiger charge is 2.38. The van der Waals surface area contributed by atoms with E-state index in [9.17, 15) is 19.7 Å². The van der Waals surface area contributed by atoms with Crippen molar-refractivity contribution < 1.29 is 24.0 Å². The van der Waals surface area contributed by atoms with Crippen LogP contribution in [-0.2, 0) is 9.53 Å². The molecule has 1 amide bonds. The summed E-state index contributed by atoms with van der Waals surface area (Å²) in [7, 11) is 1.32. The predicted octanol–water partition coefficient (Wildman–Crippen LogP) is 3.39. The smallest absolute Gasteiger partial charge is 0.338 e. The van der Waals surface area contributed by atoms with Gasteiger partial charge >= 0.3 is 11.7 Å². The molecule has 0 spiro atoms. The number of carbonyl (C=O) groups is 2. The average Bonchev–Trinajstić information content (AvgIpc) is 2.72. The first-order valence-corrected chi connectivity index (χ1v) is 9.43. The summed E-state index contributed by atoms with van der Waals surface area (Å²) < 4.78 is 10.2. The number of esters is 1. The first-order valence-electron chi connectivity index (χ1n) is 9.43. The van der Waals surface area contributed by atoms with Crippen LogP contribution < -0.4 is 15.0 Å². The lowest BCUT2D eigenvalue weighted by Gasteiger charge is -2.39. The van der Waals surface area contributed by atoms with E-state index in [2.05, 4.69) is 5.32 Å². The molecule has 0 saturated heterocycles. The van der Waals surface area contributed by atoms with Crippen molar-refractivity contribution in [2.24, 2.45) is 0 Å². The minimum atomic E-state index is -0.743. The molecule has 2 aromatic rings. The van der Waals surface area contributed by atoms with Gasteiger partial charge in [0.15, 0.2) is 5.75 Å². The number of carbonyl (C=O) groups excluding carboxylic acids is 2. The highest BCUT2D eigenvalue weighted by atomic mass is 16.6. The molecular weight excluding hydrogens is 390 g/mol. The maximum absolute atomic E-state index is 12.8. The van der Waals surface area contributed by atoms with Crippen molar-refractivity contribution in [2.45, 2.75) is 25.8 Å². The Morgan fingerprint density at radius 2 is 1.97 bits per heavy atom. The number of ether oxygens (including phenoxy) is 2. The second kappa shape index (κ2) is 8.40. The molecule has 0 radical (unpaired) electrons. The second-order valence-corrected chi connectivity index (χ2v) is 7.36. The summed E-state index contributed by atoms with van der Waals surface area (Å²) in [5, 5.41) is 14.3. The summed E-state index contributed by atoms with van der Waals surface area (Å²) in [6, 6.07) is 11.4. The summed E-state index contributed by atoms with van der Waals surface area (Å²) in [5.74, 6) is -0.679. The van der Waals surface area contributed by atoms with Crippen LogP contribution in [0.5, 0.6) is 5.75 Å². The van der Waals surface area contributed by atoms with Gasteiger partial charge in [-0.15, -0.1) is 0 Å². The average molecular weight is 413 g/mol. The Labute approximate surface area is 173 Å². The van der Waals surface area contributed by atoms with Crippen LogP contribution in [-0.4, -0.2) is 42.6 Å². The molecule has 2 aromatic carbocycles. The molecule has 3 rings (SSSR count). The zero-order valence-electron chi connectivity index (χ0n) is 17.0. The van der Waals surface area contributed by atoms with Crippen molar-refractivity contribution in [1.29, 1.82) is 0 Å². The zero-order chi connectivity index (χ0) is 21.9. The summed E-state index contributed by atoms with van der Waals surface area (Å²) in [6.45, 7) is 4.07. The van der Waals surface area contributed by atoms with E-state index in [1.54, 1.807) is 4.90 Å². The van der Waals surface area contributed by atoms with Gasteiger partial charge in [-0.3, -0.25) is 14.9 Å². The van der Waals surface area contributed by atoms with Crippen LogP contribution in [0.3, 0.4) is 0 Å². The molecule has 30 heavy (non-hydrogen) atoms. The van der Waals surface area contributed by atoms with Gasteiger partial charge in [-0.1, -0.05) is 12.1 Å². The SMILES string of the molecule is COc1ccc(C(=O)OCCCN2C(=O)C(C)(C)Nc3ccccc32)cc1[N+](=O)[O-]. The molecule has 0 aliphatic carbocycles. The van der Waals surface area contributed by atoms with Crippen molar-refractivity contribution in [3.8, 4) is 5.75 Å². The summed E-state index contributed by atoms with van der Waals surface area (Å²) in [5.41, 5.74) is 0.653. The Bertz CT molecular complexity index is 988. The Balaban J connectivity index is 1.62. The van der Waals surface area contributed by atoms with Crippen molar-refractivity contribution in [3.05, 3.63) is 58.1 Å². The number of para-hydroxylation sites is 2. The lowest BCUT2D eigenvalue weighted by atomic mass is 9.98. The van der Waals surface area contributed by atoms with Gasteiger partial charge in [0, 0.05) is 12.6 Å². The van der Waals surface area contributed by atoms with E-state index >= 15 is 0 Å². The molecule has 1 N–H and O–H groups in total. The zero-order valence-corrected chi connectivity index (χ0v) is 17.0. The lowest BCUT2D eigenvalue weighted by Crippen LogP contribution is -2.54. The van der Waals surface area contributed by atoms with Crippen molar-refractivity contribution >= 4 is 28.9 Å². The number of nitrogens with one attached hydrogen (secondary N) is 1. The van der Waals surface area contributed by atoms with Gasteiger partial charge in [0.05, 0.1) is 35.6 Å². The third-order valence-electron chi connectivity index (χ3n) is 4.79. The molecule has 1 aliphatic heterocycles. The molecule has 158 valence electrons. The number of anilines is 2. The second-order valence-electron chi connectivity index (χ2n) is 7.36. The van der Waals surface area contributed by atoms with Crippen LogP contribution in [0.2, 0.25) is 0 Å². The maximum Gasteiger partial charge on any atom is 0.338 e. The standard InChI is InChI=1S/C21H23N3O6/c1-21(2)20(26)23(16-8-5-4-7-15(16)22-21)11-6-12-30-19(25)14-9-10-18(29-3)17(13-14)24(27)28/h4-5,7-10,13,22H,6,11-12H2,1-3H3. The van der Waals surface area contributed by atoms with E-state index in [1.807, 2.05) is 38.1 Å². The van der Waals surface area contributed by atoms with Crippen LogP contribution in [0.1, 0.15) is 30.6 Å². The molecule has 0 bridgehead atoms. The van der Waals surface area contributed by atoms with E-state index in [4.69, 9.17) is 9.47 Å². The number of benzene rings is 2. The molecule has 9 heteroatoms. The number of methoxy groups -OCH3 is 1. The minimum absolute atomic E-state index is 0.0622. The molecule has 0 fully saturated rings. The van der Waals surface area contributed by atoms with Crippen LogP contribution in [0.25, 0.3) is 0 Å². The van der Waals surface area contributed by atoms with Gasteiger partial charge in [-0.2, -0.15) is 0 Å². The first-order chi connectivity index (χ1) is 14.2. The predicted molar refractivity (Wildman–Crippen MR) is 111 cm³/mol. The van der Waals surface area contributed by atoms with E-state index in [-0.39, 0.29) is 29.5 Å². The Hall–Kier alpha value is -3.62. The highest BCUT2D eigenvalue weighted by molar-refractivity contribution is 6.07. The molecule has 0 unspecified atom stereocenters. The molecule has 9 nitrogen and oxygen atoms in total. The largest absolute Gasteiger partial charge is 0.490 e. The van der Waals surface area contributed by atoms with Gasteiger partial charge in [-0.25, -0.2) is 4.79 Å². The number of hydrogen-bond acceptors (Lipinski definition) is 7. The molecule has 1 aliphatic rings. The summed E-state index contributed by atoms with van der Waals surface area (Å²) in [6.07, 6.45) is 0.417. The molecule has 0 saturated carbocycles. The van der Waals surface area contributed by atoms with Crippen LogP contribution in [0, 0.1) is 10.1 Å². The molecule has 0 atom stereocenters. The monoisotopic (exact) mass is 413 g/mol. The number of nitro groups is 1. The van der Waals surface area contributed by atoms with E-state index < -0.39 is 16.4 Å². The van der Waals surface area contributed by atoms with Crippen LogP contribution >= 0.6 is 0 Å². The highest BCUT2D eigenvalue weighted by Crippen LogP contribution is 2.35. The first kappa shape index (κ1) is 21.1. The Kier molecular flexibility index (Phi) is 5.91. The fourth-order valence-electron chi connectivity index (χ4n) is 3.30. The van der Waals surface area contributed by atoms with Gasteiger partial charge in [0.1, 0.15) is 5.54 Å². The van der Waals surface area contributed by atoms with Crippen molar-refractivity contribution in [3.63, 3.8) is 0 Å². The third kappa shape index (κ3) is 4.19. The van der Waals surface area contributed by atoms with E-state index in [0.717, 1.165) is 17.4 Å². The number of fused-ring (bicyclic) bond motifs is 1. The normalized spacial score (nSPS) is 14.5. The maximum atomic E-state index is 12.8. The Morgan fingerprint density at radius 1 is 1.23 bits per heavy atom. The summed E-state index contributed by atoms with van der Waals surface area (Å²) >= 11 is 0. The Morgan fingerprint density at radius 3 is 2.67 bits per heavy atom.